The first-order valence-corrected chi connectivity index (χ1v) is 8.07. The molecule has 0 amide bonds. The van der Waals surface area contributed by atoms with Crippen LogP contribution in [0.15, 0.2) is 60.9 Å². The predicted octanol–water partition coefficient (Wildman–Crippen LogP) is 4.77. The van der Waals surface area contributed by atoms with Crippen molar-refractivity contribution >= 4 is 29.0 Å². The molecule has 28 heavy (non-hydrogen) atoms. The zero-order valence-corrected chi connectivity index (χ0v) is 14.6. The molecule has 0 saturated carbocycles. The SMILES string of the molecule is COC(=O)c1ccc(Nc2cc(Nc3ccc(C(F)(F)F)cc3)ncn2)cc1. The molecule has 0 aliphatic heterocycles. The van der Waals surface area contributed by atoms with Gasteiger partial charge in [-0.3, -0.25) is 0 Å². The summed E-state index contributed by atoms with van der Waals surface area (Å²) < 4.78 is 42.5. The van der Waals surface area contributed by atoms with Gasteiger partial charge in [-0.1, -0.05) is 0 Å². The third kappa shape index (κ3) is 4.76. The molecule has 144 valence electrons. The highest BCUT2D eigenvalue weighted by Gasteiger charge is 2.29. The van der Waals surface area contributed by atoms with Gasteiger partial charge in [0.25, 0.3) is 0 Å². The van der Waals surface area contributed by atoms with Gasteiger partial charge < -0.3 is 15.4 Å². The van der Waals surface area contributed by atoms with Gasteiger partial charge in [0.05, 0.1) is 18.2 Å². The van der Waals surface area contributed by atoms with Crippen LogP contribution < -0.4 is 10.6 Å². The van der Waals surface area contributed by atoms with E-state index < -0.39 is 17.7 Å². The fourth-order valence-electron chi connectivity index (χ4n) is 2.34. The maximum absolute atomic E-state index is 12.6. The van der Waals surface area contributed by atoms with Gasteiger partial charge in [0.2, 0.25) is 0 Å². The van der Waals surface area contributed by atoms with E-state index in [1.165, 1.54) is 25.6 Å². The van der Waals surface area contributed by atoms with Crippen molar-refractivity contribution in [2.45, 2.75) is 6.18 Å². The number of halogens is 3. The molecule has 0 saturated heterocycles. The van der Waals surface area contributed by atoms with Gasteiger partial charge in [-0.25, -0.2) is 14.8 Å². The van der Waals surface area contributed by atoms with Crippen LogP contribution in [0.25, 0.3) is 0 Å². The first kappa shape index (κ1) is 19.2. The highest BCUT2D eigenvalue weighted by atomic mass is 19.4. The Bertz CT molecular complexity index is 958. The van der Waals surface area contributed by atoms with E-state index in [1.807, 2.05) is 0 Å². The minimum Gasteiger partial charge on any atom is -0.465 e. The Morgan fingerprint density at radius 1 is 0.893 bits per heavy atom. The third-order valence-corrected chi connectivity index (χ3v) is 3.73. The molecule has 0 bridgehead atoms. The Hall–Kier alpha value is -3.62. The smallest absolute Gasteiger partial charge is 0.416 e. The Balaban J connectivity index is 1.69. The Morgan fingerprint density at radius 2 is 1.39 bits per heavy atom. The fourth-order valence-corrected chi connectivity index (χ4v) is 2.34. The van der Waals surface area contributed by atoms with E-state index >= 15 is 0 Å². The summed E-state index contributed by atoms with van der Waals surface area (Å²) in [5, 5.41) is 5.97. The van der Waals surface area contributed by atoms with E-state index in [-0.39, 0.29) is 0 Å². The van der Waals surface area contributed by atoms with Gasteiger partial charge >= 0.3 is 12.1 Å². The minimum absolute atomic E-state index is 0.406. The van der Waals surface area contributed by atoms with Gasteiger partial charge in [-0.2, -0.15) is 13.2 Å². The summed E-state index contributed by atoms with van der Waals surface area (Å²) in [5.41, 5.74) is 0.839. The van der Waals surface area contributed by atoms with Crippen LogP contribution in [0.5, 0.6) is 0 Å². The number of aromatic nitrogens is 2. The third-order valence-electron chi connectivity index (χ3n) is 3.73. The van der Waals surface area contributed by atoms with Crippen LogP contribution in [-0.4, -0.2) is 23.0 Å². The molecule has 0 radical (unpaired) electrons. The number of alkyl halides is 3. The topological polar surface area (TPSA) is 76.1 Å². The molecule has 1 heterocycles. The largest absolute Gasteiger partial charge is 0.465 e. The van der Waals surface area contributed by atoms with Crippen LogP contribution in [-0.2, 0) is 10.9 Å². The Labute approximate surface area is 158 Å². The molecule has 2 aromatic carbocycles. The van der Waals surface area contributed by atoms with Crippen molar-refractivity contribution in [1.29, 1.82) is 0 Å². The lowest BCUT2D eigenvalue weighted by Crippen LogP contribution is -2.04. The number of esters is 1. The lowest BCUT2D eigenvalue weighted by atomic mass is 10.2. The van der Waals surface area contributed by atoms with Crippen molar-refractivity contribution in [3.05, 3.63) is 72.1 Å². The zero-order valence-electron chi connectivity index (χ0n) is 14.6. The molecular weight excluding hydrogens is 373 g/mol. The number of hydrogen-bond donors (Lipinski definition) is 2. The molecule has 0 atom stereocenters. The number of rotatable bonds is 5. The summed E-state index contributed by atoms with van der Waals surface area (Å²) >= 11 is 0. The number of hydrogen-bond acceptors (Lipinski definition) is 6. The average molecular weight is 388 g/mol. The van der Waals surface area contributed by atoms with E-state index in [2.05, 4.69) is 25.3 Å². The molecule has 0 aliphatic carbocycles. The second-order valence-corrected chi connectivity index (χ2v) is 5.68. The van der Waals surface area contributed by atoms with Crippen LogP contribution in [0, 0.1) is 0 Å². The number of nitrogens with one attached hydrogen (secondary N) is 2. The molecule has 0 aliphatic rings. The Morgan fingerprint density at radius 3 is 1.86 bits per heavy atom. The lowest BCUT2D eigenvalue weighted by Gasteiger charge is -2.10. The highest BCUT2D eigenvalue weighted by Crippen LogP contribution is 2.30. The maximum atomic E-state index is 12.6. The quantitative estimate of drug-likeness (QED) is 0.614. The zero-order chi connectivity index (χ0) is 20.1. The highest BCUT2D eigenvalue weighted by molar-refractivity contribution is 5.89. The monoisotopic (exact) mass is 388 g/mol. The van der Waals surface area contributed by atoms with E-state index in [4.69, 9.17) is 0 Å². The van der Waals surface area contributed by atoms with Crippen LogP contribution in [0.2, 0.25) is 0 Å². The summed E-state index contributed by atoms with van der Waals surface area (Å²) in [5.74, 6) is 0.440. The summed E-state index contributed by atoms with van der Waals surface area (Å²) in [6.45, 7) is 0. The van der Waals surface area contributed by atoms with Crippen molar-refractivity contribution in [3.63, 3.8) is 0 Å². The molecule has 0 spiro atoms. The number of carbonyl (C=O) groups excluding carboxylic acids is 1. The number of carbonyl (C=O) groups is 1. The maximum Gasteiger partial charge on any atom is 0.416 e. The standard InChI is InChI=1S/C19H15F3N4O2/c1-28-18(27)12-2-6-14(7-3-12)25-16-10-17(24-11-23-16)26-15-8-4-13(5-9-15)19(20,21)22/h2-11H,1H3,(H2,23,24,25,26). The molecular formula is C19H15F3N4O2. The van der Waals surface area contributed by atoms with E-state index in [1.54, 1.807) is 30.3 Å². The van der Waals surface area contributed by atoms with Gasteiger partial charge in [0, 0.05) is 17.4 Å². The average Bonchev–Trinajstić information content (AvgIpc) is 2.68. The van der Waals surface area contributed by atoms with Crippen LogP contribution in [0.4, 0.5) is 36.2 Å². The van der Waals surface area contributed by atoms with E-state index in [0.717, 1.165) is 12.1 Å². The van der Waals surface area contributed by atoms with Crippen LogP contribution in [0.1, 0.15) is 15.9 Å². The molecule has 3 rings (SSSR count). The first-order chi connectivity index (χ1) is 13.3. The van der Waals surface area contributed by atoms with Crippen molar-refractivity contribution in [2.75, 3.05) is 17.7 Å². The van der Waals surface area contributed by atoms with Gasteiger partial charge in [-0.15, -0.1) is 0 Å². The molecule has 1 aromatic heterocycles. The van der Waals surface area contributed by atoms with Gasteiger partial charge in [0.1, 0.15) is 18.0 Å². The van der Waals surface area contributed by atoms with Crippen LogP contribution in [0.3, 0.4) is 0 Å². The van der Waals surface area contributed by atoms with Crippen molar-refractivity contribution in [1.82, 2.24) is 9.97 Å². The normalized spacial score (nSPS) is 11.0. The van der Waals surface area contributed by atoms with Crippen molar-refractivity contribution in [2.24, 2.45) is 0 Å². The predicted molar refractivity (Wildman–Crippen MR) is 97.8 cm³/mol. The lowest BCUT2D eigenvalue weighted by molar-refractivity contribution is -0.137. The van der Waals surface area contributed by atoms with Crippen molar-refractivity contribution in [3.8, 4) is 0 Å². The van der Waals surface area contributed by atoms with E-state index in [9.17, 15) is 18.0 Å². The van der Waals surface area contributed by atoms with Crippen LogP contribution >= 0.6 is 0 Å². The molecule has 2 N–H and O–H groups in total. The first-order valence-electron chi connectivity index (χ1n) is 8.07. The summed E-state index contributed by atoms with van der Waals surface area (Å²) in [7, 11) is 1.31. The second kappa shape index (κ2) is 7.95. The van der Waals surface area contributed by atoms with E-state index in [0.29, 0.717) is 28.6 Å². The summed E-state index contributed by atoms with van der Waals surface area (Å²) in [6, 6.07) is 12.8. The summed E-state index contributed by atoms with van der Waals surface area (Å²) in [6.07, 6.45) is -3.06. The van der Waals surface area contributed by atoms with Crippen molar-refractivity contribution < 1.29 is 22.7 Å². The summed E-state index contributed by atoms with van der Waals surface area (Å²) in [4.78, 5) is 19.6. The number of ether oxygens (including phenoxy) is 1. The number of benzene rings is 2. The fraction of sp³-hybridized carbons (Fsp3) is 0.105. The molecule has 9 heteroatoms. The number of anilines is 4. The van der Waals surface area contributed by atoms with Gasteiger partial charge in [-0.05, 0) is 48.5 Å². The number of methoxy groups -OCH3 is 1. The molecule has 0 unspecified atom stereocenters. The Kier molecular flexibility index (Phi) is 5.44. The van der Waals surface area contributed by atoms with Gasteiger partial charge in [0.15, 0.2) is 0 Å². The second-order valence-electron chi connectivity index (χ2n) is 5.68. The molecule has 0 fully saturated rings. The minimum atomic E-state index is -4.38. The number of nitrogens with zero attached hydrogens (tertiary/aromatic N) is 2. The molecule has 6 nitrogen and oxygen atoms in total. The molecule has 3 aromatic rings.